The van der Waals surface area contributed by atoms with Crippen LogP contribution in [0.1, 0.15) is 27.7 Å². The van der Waals surface area contributed by atoms with Crippen molar-refractivity contribution in [1.29, 1.82) is 0 Å². The van der Waals surface area contributed by atoms with Crippen LogP contribution in [0.25, 0.3) is 11.0 Å². The van der Waals surface area contributed by atoms with E-state index in [1.165, 1.54) is 0 Å². The predicted octanol–water partition coefficient (Wildman–Crippen LogP) is 3.71. The Morgan fingerprint density at radius 1 is 0.926 bits per heavy atom. The van der Waals surface area contributed by atoms with Gasteiger partial charge in [0.1, 0.15) is 11.1 Å². The molecule has 1 atom stereocenters. The minimum absolute atomic E-state index is 0.0365. The lowest BCUT2D eigenvalue weighted by molar-refractivity contribution is 0.0938. The quantitative estimate of drug-likeness (QED) is 0.566. The monoisotopic (exact) mass is 356 g/mol. The number of fused-ring (bicyclic) bond motifs is 1. The smallest absolute Gasteiger partial charge is 0.349 e. The highest BCUT2D eigenvalue weighted by molar-refractivity contribution is 5.97. The predicted molar refractivity (Wildman–Crippen MR) is 102 cm³/mol. The summed E-state index contributed by atoms with van der Waals surface area (Å²) in [5, 5.41) is 3.60. The van der Waals surface area contributed by atoms with Crippen LogP contribution in [0.15, 0.2) is 94.3 Å². The summed E-state index contributed by atoms with van der Waals surface area (Å²) in [6.07, 6.45) is 1.67. The summed E-state index contributed by atoms with van der Waals surface area (Å²) in [5.74, 6) is -0.506. The summed E-state index contributed by atoms with van der Waals surface area (Å²) in [6, 6.07) is 23.2. The molecule has 0 aliphatic rings. The molecule has 27 heavy (non-hydrogen) atoms. The molecule has 0 radical (unpaired) electrons. The van der Waals surface area contributed by atoms with Crippen molar-refractivity contribution in [3.8, 4) is 0 Å². The Bertz CT molecular complexity index is 1100. The largest absolute Gasteiger partial charge is 0.422 e. The molecule has 0 fully saturated rings. The van der Waals surface area contributed by atoms with Crippen LogP contribution in [0.4, 0.5) is 0 Å². The molecular weight excluding hydrogens is 340 g/mol. The van der Waals surface area contributed by atoms with E-state index in [-0.39, 0.29) is 5.56 Å². The van der Waals surface area contributed by atoms with Crippen molar-refractivity contribution in [3.63, 3.8) is 0 Å². The Hall–Kier alpha value is -3.73. The number of aromatic nitrogens is 1. The van der Waals surface area contributed by atoms with E-state index in [0.717, 1.165) is 5.56 Å². The maximum atomic E-state index is 12.9. The van der Waals surface area contributed by atoms with Crippen LogP contribution >= 0.6 is 0 Å². The number of rotatable bonds is 4. The van der Waals surface area contributed by atoms with E-state index < -0.39 is 17.6 Å². The second kappa shape index (κ2) is 7.25. The molecule has 1 N–H and O–H groups in total. The Labute approximate surface area is 155 Å². The van der Waals surface area contributed by atoms with E-state index in [9.17, 15) is 9.59 Å². The fourth-order valence-corrected chi connectivity index (χ4v) is 2.95. The van der Waals surface area contributed by atoms with Crippen molar-refractivity contribution in [1.82, 2.24) is 10.3 Å². The molecule has 5 nitrogen and oxygen atoms in total. The molecule has 0 unspecified atom stereocenters. The van der Waals surface area contributed by atoms with Gasteiger partial charge in [-0.05, 0) is 29.8 Å². The first-order chi connectivity index (χ1) is 13.2. The van der Waals surface area contributed by atoms with E-state index in [1.54, 1.807) is 30.5 Å². The maximum Gasteiger partial charge on any atom is 0.349 e. The molecule has 0 spiro atoms. The number of para-hydroxylation sites is 1. The van der Waals surface area contributed by atoms with Crippen molar-refractivity contribution < 1.29 is 9.21 Å². The van der Waals surface area contributed by atoms with Crippen LogP contribution in [0, 0.1) is 0 Å². The second-order valence-corrected chi connectivity index (χ2v) is 6.06. The number of hydrogen-bond acceptors (Lipinski definition) is 4. The molecule has 132 valence electrons. The summed E-state index contributed by atoms with van der Waals surface area (Å²) in [4.78, 5) is 29.5. The van der Waals surface area contributed by atoms with E-state index >= 15 is 0 Å². The van der Waals surface area contributed by atoms with E-state index in [2.05, 4.69) is 10.3 Å². The third-order valence-corrected chi connectivity index (χ3v) is 4.28. The zero-order chi connectivity index (χ0) is 18.6. The van der Waals surface area contributed by atoms with Gasteiger partial charge in [0.05, 0.1) is 11.7 Å². The van der Waals surface area contributed by atoms with Crippen LogP contribution in [0.2, 0.25) is 0 Å². The molecule has 0 saturated heterocycles. The number of carbonyl (C=O) groups excluding carboxylic acids is 1. The van der Waals surface area contributed by atoms with Crippen LogP contribution in [0.3, 0.4) is 0 Å². The minimum atomic E-state index is -0.668. The Balaban J connectivity index is 1.72. The third kappa shape index (κ3) is 3.48. The van der Waals surface area contributed by atoms with Gasteiger partial charge >= 0.3 is 5.63 Å². The van der Waals surface area contributed by atoms with E-state index in [1.807, 2.05) is 54.6 Å². The first-order valence-corrected chi connectivity index (χ1v) is 8.52. The fraction of sp³-hybridized carbons (Fsp3) is 0.0455. The van der Waals surface area contributed by atoms with Gasteiger partial charge < -0.3 is 9.73 Å². The van der Waals surface area contributed by atoms with Crippen LogP contribution in [-0.4, -0.2) is 10.9 Å². The van der Waals surface area contributed by atoms with Gasteiger partial charge in [0.2, 0.25) is 0 Å². The molecule has 4 aromatic rings. The molecule has 5 heteroatoms. The lowest BCUT2D eigenvalue weighted by atomic mass is 10.0. The van der Waals surface area contributed by atoms with Crippen molar-refractivity contribution >= 4 is 16.9 Å². The standard InChI is InChI=1S/C22H16N2O3/c25-21(17-14-16-10-4-5-12-19(16)27-22(17)26)24-20(15-8-2-1-3-9-15)18-11-6-7-13-23-18/h1-14,20H,(H,24,25)/t20-/m0/s1. The lowest BCUT2D eigenvalue weighted by Crippen LogP contribution is -2.33. The number of hydrogen-bond donors (Lipinski definition) is 1. The van der Waals surface area contributed by atoms with Crippen molar-refractivity contribution in [2.75, 3.05) is 0 Å². The first-order valence-electron chi connectivity index (χ1n) is 8.52. The van der Waals surface area contributed by atoms with Gasteiger partial charge in [-0.3, -0.25) is 9.78 Å². The number of nitrogens with zero attached hydrogens (tertiary/aromatic N) is 1. The lowest BCUT2D eigenvalue weighted by Gasteiger charge is -2.18. The maximum absolute atomic E-state index is 12.9. The van der Waals surface area contributed by atoms with Crippen molar-refractivity contribution in [3.05, 3.63) is 112 Å². The average Bonchev–Trinajstić information content (AvgIpc) is 2.72. The third-order valence-electron chi connectivity index (χ3n) is 4.28. The second-order valence-electron chi connectivity index (χ2n) is 6.06. The molecule has 0 aliphatic carbocycles. The number of nitrogens with one attached hydrogen (secondary N) is 1. The topological polar surface area (TPSA) is 72.2 Å². The van der Waals surface area contributed by atoms with Crippen molar-refractivity contribution in [2.45, 2.75) is 6.04 Å². The van der Waals surface area contributed by atoms with E-state index in [4.69, 9.17) is 4.42 Å². The van der Waals surface area contributed by atoms with Crippen LogP contribution < -0.4 is 10.9 Å². The fourth-order valence-electron chi connectivity index (χ4n) is 2.95. The summed E-state index contributed by atoms with van der Waals surface area (Å²) >= 11 is 0. The Morgan fingerprint density at radius 2 is 1.67 bits per heavy atom. The Kier molecular flexibility index (Phi) is 4.49. The number of pyridine rings is 1. The zero-order valence-electron chi connectivity index (χ0n) is 14.3. The summed E-state index contributed by atoms with van der Waals surface area (Å²) < 4.78 is 5.27. The van der Waals surface area contributed by atoms with Gasteiger partial charge in [0.15, 0.2) is 0 Å². The van der Waals surface area contributed by atoms with Crippen molar-refractivity contribution in [2.24, 2.45) is 0 Å². The van der Waals surface area contributed by atoms with Crippen LogP contribution in [0.5, 0.6) is 0 Å². The first kappa shape index (κ1) is 16.7. The number of benzene rings is 2. The SMILES string of the molecule is O=C(N[C@@H](c1ccccc1)c1ccccn1)c1cc2ccccc2oc1=O. The molecule has 1 amide bonds. The summed E-state index contributed by atoms with van der Waals surface area (Å²) in [6.45, 7) is 0. The Morgan fingerprint density at radius 3 is 2.44 bits per heavy atom. The highest BCUT2D eigenvalue weighted by Gasteiger charge is 2.21. The van der Waals surface area contributed by atoms with E-state index in [0.29, 0.717) is 16.7 Å². The molecule has 0 bridgehead atoms. The van der Waals surface area contributed by atoms with Gasteiger partial charge in [-0.2, -0.15) is 0 Å². The molecule has 0 aliphatic heterocycles. The van der Waals surface area contributed by atoms with Crippen LogP contribution in [-0.2, 0) is 0 Å². The minimum Gasteiger partial charge on any atom is -0.422 e. The summed E-state index contributed by atoms with van der Waals surface area (Å²) in [5.41, 5.74) is 1.30. The number of amides is 1. The van der Waals surface area contributed by atoms with Gasteiger partial charge in [0, 0.05) is 11.6 Å². The molecular formula is C22H16N2O3. The summed E-state index contributed by atoms with van der Waals surface area (Å²) in [7, 11) is 0. The molecule has 2 aromatic heterocycles. The van der Waals surface area contributed by atoms with Gasteiger partial charge in [-0.1, -0.05) is 54.6 Å². The molecule has 0 saturated carbocycles. The molecule has 4 rings (SSSR count). The average molecular weight is 356 g/mol. The number of carbonyl (C=O) groups is 1. The molecule has 2 aromatic carbocycles. The highest BCUT2D eigenvalue weighted by atomic mass is 16.4. The van der Waals surface area contributed by atoms with Gasteiger partial charge in [-0.25, -0.2) is 4.79 Å². The molecule has 2 heterocycles. The zero-order valence-corrected chi connectivity index (χ0v) is 14.3. The van der Waals surface area contributed by atoms with Gasteiger partial charge in [-0.15, -0.1) is 0 Å². The normalized spacial score (nSPS) is 11.9. The highest BCUT2D eigenvalue weighted by Crippen LogP contribution is 2.21. The van der Waals surface area contributed by atoms with Gasteiger partial charge in [0.25, 0.3) is 5.91 Å².